The number of nitrogens with one attached hydrogen (secondary N) is 1. The Balaban J connectivity index is 1.86. The minimum absolute atomic E-state index is 0.0801. The second-order valence-electron chi connectivity index (χ2n) is 6.31. The van der Waals surface area contributed by atoms with Crippen LogP contribution < -0.4 is 5.32 Å². The van der Waals surface area contributed by atoms with Gasteiger partial charge in [0.25, 0.3) is 0 Å². The van der Waals surface area contributed by atoms with E-state index in [9.17, 15) is 14.7 Å². The average molecular weight is 319 g/mol. The molecular weight excluding hydrogens is 294 g/mol. The summed E-state index contributed by atoms with van der Waals surface area (Å²) in [6, 6.07) is 9.00. The molecule has 1 fully saturated rings. The maximum atomic E-state index is 12.0. The lowest BCUT2D eigenvalue weighted by Gasteiger charge is -2.26. The van der Waals surface area contributed by atoms with Crippen LogP contribution in [-0.2, 0) is 19.7 Å². The first-order chi connectivity index (χ1) is 11.0. The highest BCUT2D eigenvalue weighted by molar-refractivity contribution is 5.83. The van der Waals surface area contributed by atoms with Gasteiger partial charge in [-0.1, -0.05) is 30.3 Å². The largest absolute Gasteiger partial charge is 0.481 e. The SMILES string of the molecule is CC(CNC(=O)CCC1CCCCO1)(C(=O)O)c1ccccc1. The van der Waals surface area contributed by atoms with E-state index < -0.39 is 11.4 Å². The summed E-state index contributed by atoms with van der Waals surface area (Å²) in [5.74, 6) is -1.07. The fourth-order valence-electron chi connectivity index (χ4n) is 2.80. The van der Waals surface area contributed by atoms with Crippen molar-refractivity contribution < 1.29 is 19.4 Å². The van der Waals surface area contributed by atoms with Crippen LogP contribution in [0.5, 0.6) is 0 Å². The first-order valence-electron chi connectivity index (χ1n) is 8.19. The zero-order valence-electron chi connectivity index (χ0n) is 13.6. The molecule has 23 heavy (non-hydrogen) atoms. The van der Waals surface area contributed by atoms with Crippen molar-refractivity contribution in [3.05, 3.63) is 35.9 Å². The Morgan fingerprint density at radius 3 is 2.65 bits per heavy atom. The number of aliphatic carboxylic acids is 1. The minimum atomic E-state index is -1.13. The number of hydrogen-bond acceptors (Lipinski definition) is 3. The summed E-state index contributed by atoms with van der Waals surface area (Å²) in [5, 5.41) is 12.3. The van der Waals surface area contributed by atoms with Gasteiger partial charge in [-0.25, -0.2) is 0 Å². The van der Waals surface area contributed by atoms with Gasteiger partial charge in [0.05, 0.1) is 6.10 Å². The number of carboxylic acid groups (broad SMARTS) is 1. The van der Waals surface area contributed by atoms with Crippen molar-refractivity contribution in [2.24, 2.45) is 0 Å². The van der Waals surface area contributed by atoms with Crippen molar-refractivity contribution in [1.29, 1.82) is 0 Å². The van der Waals surface area contributed by atoms with E-state index in [1.54, 1.807) is 31.2 Å². The molecule has 2 N–H and O–H groups in total. The van der Waals surface area contributed by atoms with Crippen molar-refractivity contribution in [2.75, 3.05) is 13.2 Å². The smallest absolute Gasteiger partial charge is 0.315 e. The van der Waals surface area contributed by atoms with Gasteiger partial charge in [-0.2, -0.15) is 0 Å². The fourth-order valence-corrected chi connectivity index (χ4v) is 2.80. The quantitative estimate of drug-likeness (QED) is 0.809. The fraction of sp³-hybridized carbons (Fsp3) is 0.556. The van der Waals surface area contributed by atoms with E-state index in [1.807, 2.05) is 6.07 Å². The monoisotopic (exact) mass is 319 g/mol. The molecule has 2 unspecified atom stereocenters. The molecular formula is C18H25NO4. The van der Waals surface area contributed by atoms with E-state index in [2.05, 4.69) is 5.32 Å². The zero-order valence-corrected chi connectivity index (χ0v) is 13.6. The van der Waals surface area contributed by atoms with Crippen molar-refractivity contribution in [2.45, 2.75) is 50.5 Å². The minimum Gasteiger partial charge on any atom is -0.481 e. The Kier molecular flexibility index (Phi) is 6.16. The van der Waals surface area contributed by atoms with E-state index in [0.29, 0.717) is 18.4 Å². The number of amides is 1. The van der Waals surface area contributed by atoms with Gasteiger partial charge in [-0.15, -0.1) is 0 Å². The lowest BCUT2D eigenvalue weighted by Crippen LogP contribution is -2.44. The third kappa shape index (κ3) is 4.79. The van der Waals surface area contributed by atoms with Gasteiger partial charge in [0.2, 0.25) is 5.91 Å². The lowest BCUT2D eigenvalue weighted by molar-refractivity contribution is -0.143. The molecule has 1 aliphatic rings. The Morgan fingerprint density at radius 1 is 1.30 bits per heavy atom. The van der Waals surface area contributed by atoms with E-state index >= 15 is 0 Å². The van der Waals surface area contributed by atoms with Crippen LogP contribution in [0.2, 0.25) is 0 Å². The van der Waals surface area contributed by atoms with Crippen LogP contribution in [0.25, 0.3) is 0 Å². The molecule has 0 radical (unpaired) electrons. The molecule has 126 valence electrons. The van der Waals surface area contributed by atoms with Crippen LogP contribution in [0.4, 0.5) is 0 Å². The van der Waals surface area contributed by atoms with Crippen LogP contribution in [0.3, 0.4) is 0 Å². The summed E-state index contributed by atoms with van der Waals surface area (Å²) >= 11 is 0. The van der Waals surface area contributed by atoms with E-state index in [0.717, 1.165) is 25.9 Å². The number of carbonyl (C=O) groups is 2. The first-order valence-corrected chi connectivity index (χ1v) is 8.19. The number of carbonyl (C=O) groups excluding carboxylic acids is 1. The van der Waals surface area contributed by atoms with Crippen LogP contribution in [0.1, 0.15) is 44.6 Å². The third-order valence-corrected chi connectivity index (χ3v) is 4.49. The van der Waals surface area contributed by atoms with Crippen molar-refractivity contribution in [1.82, 2.24) is 5.32 Å². The predicted octanol–water partition coefficient (Wildman–Crippen LogP) is 2.49. The summed E-state index contributed by atoms with van der Waals surface area (Å²) in [6.07, 6.45) is 4.48. The van der Waals surface area contributed by atoms with Gasteiger partial charge in [-0.3, -0.25) is 9.59 Å². The predicted molar refractivity (Wildman–Crippen MR) is 87.3 cm³/mol. The molecule has 1 aromatic rings. The van der Waals surface area contributed by atoms with Gasteiger partial charge in [-0.05, 0) is 38.2 Å². The molecule has 1 aliphatic heterocycles. The summed E-state index contributed by atoms with van der Waals surface area (Å²) in [4.78, 5) is 23.7. The number of benzene rings is 1. The number of hydrogen-bond donors (Lipinski definition) is 2. The van der Waals surface area contributed by atoms with Crippen molar-refractivity contribution in [3.8, 4) is 0 Å². The number of carboxylic acids is 1. The number of ether oxygens (including phenoxy) is 1. The molecule has 2 rings (SSSR count). The summed E-state index contributed by atoms with van der Waals surface area (Å²) < 4.78 is 5.61. The number of rotatable bonds is 7. The lowest BCUT2D eigenvalue weighted by atomic mass is 9.82. The summed E-state index contributed by atoms with van der Waals surface area (Å²) in [7, 11) is 0. The molecule has 0 spiro atoms. The van der Waals surface area contributed by atoms with Crippen molar-refractivity contribution in [3.63, 3.8) is 0 Å². The molecule has 1 amide bonds. The van der Waals surface area contributed by atoms with Crippen LogP contribution in [0, 0.1) is 0 Å². The summed E-state index contributed by atoms with van der Waals surface area (Å²) in [6.45, 7) is 2.49. The summed E-state index contributed by atoms with van der Waals surface area (Å²) in [5.41, 5.74) is -0.443. The molecule has 1 aromatic carbocycles. The Morgan fingerprint density at radius 2 is 2.04 bits per heavy atom. The molecule has 2 atom stereocenters. The molecule has 0 saturated carbocycles. The molecule has 0 aliphatic carbocycles. The molecule has 0 aromatic heterocycles. The maximum Gasteiger partial charge on any atom is 0.315 e. The standard InChI is InChI=1S/C18H25NO4/c1-18(17(21)22,14-7-3-2-4-8-14)13-19-16(20)11-10-15-9-5-6-12-23-15/h2-4,7-8,15H,5-6,9-13H2,1H3,(H,19,20)(H,21,22). The van der Waals surface area contributed by atoms with E-state index in [4.69, 9.17) is 4.74 Å². The normalized spacial score (nSPS) is 20.5. The van der Waals surface area contributed by atoms with Gasteiger partial charge in [0, 0.05) is 19.6 Å². The molecule has 5 heteroatoms. The van der Waals surface area contributed by atoms with E-state index in [-0.39, 0.29) is 18.6 Å². The first kappa shape index (κ1) is 17.5. The Labute approximate surface area is 137 Å². The van der Waals surface area contributed by atoms with Crippen LogP contribution >= 0.6 is 0 Å². The maximum absolute atomic E-state index is 12.0. The molecule has 0 bridgehead atoms. The molecule has 1 heterocycles. The highest BCUT2D eigenvalue weighted by Crippen LogP contribution is 2.23. The highest BCUT2D eigenvalue weighted by Gasteiger charge is 2.35. The second kappa shape index (κ2) is 8.11. The van der Waals surface area contributed by atoms with E-state index in [1.165, 1.54) is 0 Å². The average Bonchev–Trinajstić information content (AvgIpc) is 2.59. The zero-order chi connectivity index (χ0) is 16.7. The molecule has 1 saturated heterocycles. The Hall–Kier alpha value is -1.88. The topological polar surface area (TPSA) is 75.6 Å². The van der Waals surface area contributed by atoms with Gasteiger partial charge in [0.15, 0.2) is 0 Å². The van der Waals surface area contributed by atoms with Crippen LogP contribution in [-0.4, -0.2) is 36.2 Å². The second-order valence-corrected chi connectivity index (χ2v) is 6.31. The highest BCUT2D eigenvalue weighted by atomic mass is 16.5. The van der Waals surface area contributed by atoms with Gasteiger partial charge >= 0.3 is 5.97 Å². The molecule has 5 nitrogen and oxygen atoms in total. The van der Waals surface area contributed by atoms with Crippen LogP contribution in [0.15, 0.2) is 30.3 Å². The Bertz CT molecular complexity index is 525. The van der Waals surface area contributed by atoms with Gasteiger partial charge in [0.1, 0.15) is 5.41 Å². The van der Waals surface area contributed by atoms with Crippen molar-refractivity contribution >= 4 is 11.9 Å². The van der Waals surface area contributed by atoms with Gasteiger partial charge < -0.3 is 15.2 Å². The third-order valence-electron chi connectivity index (χ3n) is 4.49.